The van der Waals surface area contributed by atoms with Crippen LogP contribution in [0, 0.1) is 11.7 Å². The molecular weight excluding hydrogens is 367 g/mol. The Morgan fingerprint density at radius 2 is 1.48 bits per heavy atom. The zero-order valence-corrected chi connectivity index (χ0v) is 16.4. The lowest BCUT2D eigenvalue weighted by molar-refractivity contribution is -0.145. The quantitative estimate of drug-likeness (QED) is 0.740. The van der Waals surface area contributed by atoms with Crippen molar-refractivity contribution in [1.82, 2.24) is 0 Å². The molecule has 0 aliphatic carbocycles. The first kappa shape index (κ1) is 19.3. The first-order valence-corrected chi connectivity index (χ1v) is 10.5. The molecule has 0 N–H and O–H groups in total. The molecular formula is C21H21FO4S. The highest BCUT2D eigenvalue weighted by molar-refractivity contribution is 7.90. The van der Waals surface area contributed by atoms with Crippen molar-refractivity contribution in [2.75, 3.05) is 6.26 Å². The Kier molecular flexibility index (Phi) is 4.72. The molecule has 0 fully saturated rings. The molecule has 1 unspecified atom stereocenters. The highest BCUT2D eigenvalue weighted by Gasteiger charge is 2.47. The van der Waals surface area contributed by atoms with E-state index in [1.165, 1.54) is 24.3 Å². The van der Waals surface area contributed by atoms with E-state index in [-0.39, 0.29) is 10.8 Å². The number of sulfone groups is 1. The van der Waals surface area contributed by atoms with Gasteiger partial charge in [0.2, 0.25) is 0 Å². The Hall–Kier alpha value is -2.47. The maximum atomic E-state index is 13.3. The summed E-state index contributed by atoms with van der Waals surface area (Å²) in [5, 5.41) is 0. The number of rotatable bonds is 4. The van der Waals surface area contributed by atoms with Gasteiger partial charge in [-0.1, -0.05) is 38.1 Å². The minimum absolute atomic E-state index is 0.0241. The van der Waals surface area contributed by atoms with E-state index < -0.39 is 27.2 Å². The van der Waals surface area contributed by atoms with Gasteiger partial charge in [-0.25, -0.2) is 17.6 Å². The fourth-order valence-electron chi connectivity index (χ4n) is 3.23. The van der Waals surface area contributed by atoms with E-state index in [2.05, 4.69) is 0 Å². The van der Waals surface area contributed by atoms with Gasteiger partial charge in [0, 0.05) is 11.8 Å². The van der Waals surface area contributed by atoms with E-state index >= 15 is 0 Å². The van der Waals surface area contributed by atoms with Crippen molar-refractivity contribution in [3.63, 3.8) is 0 Å². The van der Waals surface area contributed by atoms with Crippen molar-refractivity contribution >= 4 is 27.0 Å². The number of halogens is 1. The zero-order chi connectivity index (χ0) is 20.0. The number of cyclic esters (lactones) is 1. The molecule has 0 saturated heterocycles. The second-order valence-corrected chi connectivity index (χ2v) is 9.22. The smallest absolute Gasteiger partial charge is 0.340 e. The molecule has 142 valence electrons. The number of ether oxygens (including phenoxy) is 1. The maximum absolute atomic E-state index is 13.3. The van der Waals surface area contributed by atoms with E-state index in [0.29, 0.717) is 22.3 Å². The molecule has 0 bridgehead atoms. The van der Waals surface area contributed by atoms with Gasteiger partial charge in [0.05, 0.1) is 10.5 Å². The molecule has 0 aromatic heterocycles. The predicted octanol–water partition coefficient (Wildman–Crippen LogP) is 4.11. The lowest BCUT2D eigenvalue weighted by atomic mass is 9.79. The molecule has 1 atom stereocenters. The summed E-state index contributed by atoms with van der Waals surface area (Å²) in [7, 11) is -3.33. The van der Waals surface area contributed by atoms with Gasteiger partial charge in [0.25, 0.3) is 0 Å². The summed E-state index contributed by atoms with van der Waals surface area (Å²) in [6.07, 6.45) is 1.14. The summed E-state index contributed by atoms with van der Waals surface area (Å²) in [6.45, 7) is 5.74. The van der Waals surface area contributed by atoms with Gasteiger partial charge in [0.15, 0.2) is 9.84 Å². The highest BCUT2D eigenvalue weighted by Crippen LogP contribution is 2.47. The molecule has 3 rings (SSSR count). The Bertz CT molecular complexity index is 1020. The summed E-state index contributed by atoms with van der Waals surface area (Å²) in [4.78, 5) is 12.9. The SMILES string of the molecule is CC(C)C1(C)OC(=O)C(c2ccc(F)cc2)=C1c1ccc(S(C)(=O)=O)cc1. The van der Waals surface area contributed by atoms with Crippen LogP contribution in [0.2, 0.25) is 0 Å². The van der Waals surface area contributed by atoms with Crippen molar-refractivity contribution in [2.45, 2.75) is 31.3 Å². The van der Waals surface area contributed by atoms with Crippen molar-refractivity contribution in [2.24, 2.45) is 5.92 Å². The topological polar surface area (TPSA) is 60.4 Å². The minimum Gasteiger partial charge on any atom is -0.451 e. The number of hydrogen-bond donors (Lipinski definition) is 0. The Balaban J connectivity index is 2.26. The average molecular weight is 388 g/mol. The minimum atomic E-state index is -3.33. The molecule has 0 spiro atoms. The number of benzene rings is 2. The standard InChI is InChI=1S/C21H21FO4S/c1-13(2)21(3)19(15-7-11-17(12-8-15)27(4,24)25)18(20(23)26-21)14-5-9-16(22)10-6-14/h5-13H,1-4H3. The third-order valence-corrected chi connectivity index (χ3v) is 6.19. The van der Waals surface area contributed by atoms with E-state index in [1.54, 1.807) is 24.3 Å². The third-order valence-electron chi connectivity index (χ3n) is 5.06. The van der Waals surface area contributed by atoms with Gasteiger partial charge < -0.3 is 4.74 Å². The Morgan fingerprint density at radius 3 is 1.96 bits per heavy atom. The lowest BCUT2D eigenvalue weighted by Crippen LogP contribution is -2.33. The van der Waals surface area contributed by atoms with Crippen LogP contribution in [0.1, 0.15) is 31.9 Å². The predicted molar refractivity (Wildman–Crippen MR) is 102 cm³/mol. The van der Waals surface area contributed by atoms with Crippen molar-refractivity contribution in [3.8, 4) is 0 Å². The van der Waals surface area contributed by atoms with Gasteiger partial charge in [-0.15, -0.1) is 0 Å². The second kappa shape index (κ2) is 6.60. The van der Waals surface area contributed by atoms with E-state index in [0.717, 1.165) is 6.26 Å². The van der Waals surface area contributed by atoms with E-state index in [4.69, 9.17) is 4.74 Å². The van der Waals surface area contributed by atoms with Crippen LogP contribution in [-0.2, 0) is 19.4 Å². The third kappa shape index (κ3) is 3.41. The summed E-state index contributed by atoms with van der Waals surface area (Å²) in [6, 6.07) is 12.1. The molecule has 27 heavy (non-hydrogen) atoms. The molecule has 1 aliphatic heterocycles. The highest BCUT2D eigenvalue weighted by atomic mass is 32.2. The van der Waals surface area contributed by atoms with Crippen LogP contribution in [0.5, 0.6) is 0 Å². The van der Waals surface area contributed by atoms with Crippen LogP contribution in [-0.4, -0.2) is 26.2 Å². The molecule has 6 heteroatoms. The van der Waals surface area contributed by atoms with Gasteiger partial charge in [0.1, 0.15) is 11.4 Å². The lowest BCUT2D eigenvalue weighted by Gasteiger charge is -2.31. The molecule has 1 heterocycles. The number of esters is 1. The zero-order valence-electron chi connectivity index (χ0n) is 15.6. The maximum Gasteiger partial charge on any atom is 0.340 e. The van der Waals surface area contributed by atoms with Gasteiger partial charge in [-0.2, -0.15) is 0 Å². The molecule has 1 aliphatic rings. The van der Waals surface area contributed by atoms with E-state index in [9.17, 15) is 17.6 Å². The monoisotopic (exact) mass is 388 g/mol. The first-order valence-electron chi connectivity index (χ1n) is 8.58. The average Bonchev–Trinajstić information content (AvgIpc) is 2.87. The Labute approximate surface area is 158 Å². The first-order chi connectivity index (χ1) is 12.5. The molecule has 0 amide bonds. The number of carbonyl (C=O) groups excluding carboxylic acids is 1. The van der Waals surface area contributed by atoms with Crippen LogP contribution >= 0.6 is 0 Å². The van der Waals surface area contributed by atoms with Gasteiger partial charge in [-0.3, -0.25) is 0 Å². The van der Waals surface area contributed by atoms with Crippen molar-refractivity contribution in [1.29, 1.82) is 0 Å². The van der Waals surface area contributed by atoms with Crippen LogP contribution < -0.4 is 0 Å². The molecule has 0 saturated carbocycles. The fourth-order valence-corrected chi connectivity index (χ4v) is 3.86. The largest absolute Gasteiger partial charge is 0.451 e. The number of carbonyl (C=O) groups is 1. The van der Waals surface area contributed by atoms with Crippen LogP contribution in [0.25, 0.3) is 11.1 Å². The van der Waals surface area contributed by atoms with Crippen molar-refractivity contribution in [3.05, 3.63) is 65.5 Å². The number of hydrogen-bond acceptors (Lipinski definition) is 4. The fraction of sp³-hybridized carbons (Fsp3) is 0.286. The summed E-state index contributed by atoms with van der Waals surface area (Å²) in [5.74, 6) is -0.889. The molecule has 2 aromatic carbocycles. The van der Waals surface area contributed by atoms with Crippen LogP contribution in [0.15, 0.2) is 53.4 Å². The Morgan fingerprint density at radius 1 is 0.963 bits per heavy atom. The van der Waals surface area contributed by atoms with E-state index in [1.807, 2.05) is 20.8 Å². The van der Waals surface area contributed by atoms with Gasteiger partial charge >= 0.3 is 5.97 Å². The van der Waals surface area contributed by atoms with Crippen LogP contribution in [0.4, 0.5) is 4.39 Å². The van der Waals surface area contributed by atoms with Crippen LogP contribution in [0.3, 0.4) is 0 Å². The molecule has 2 aromatic rings. The van der Waals surface area contributed by atoms with Crippen molar-refractivity contribution < 1.29 is 22.3 Å². The van der Waals surface area contributed by atoms with Gasteiger partial charge in [-0.05, 0) is 48.2 Å². The summed E-state index contributed by atoms with van der Waals surface area (Å²) in [5.41, 5.74) is 1.43. The summed E-state index contributed by atoms with van der Waals surface area (Å²) < 4.78 is 42.6. The summed E-state index contributed by atoms with van der Waals surface area (Å²) >= 11 is 0. The second-order valence-electron chi connectivity index (χ2n) is 7.20. The normalized spacial score (nSPS) is 20.3. The molecule has 0 radical (unpaired) electrons. The molecule has 4 nitrogen and oxygen atoms in total.